The molecule has 1 saturated heterocycles. The van der Waals surface area contributed by atoms with E-state index in [1.54, 1.807) is 0 Å². The van der Waals surface area contributed by atoms with Gasteiger partial charge in [-0.05, 0) is 33.2 Å². The summed E-state index contributed by atoms with van der Waals surface area (Å²) in [7, 11) is 3.96. The average Bonchev–Trinajstić information content (AvgIpc) is 3.14. The number of nitrogens with one attached hydrogen (secondary N) is 2. The van der Waals surface area contributed by atoms with Gasteiger partial charge in [0.2, 0.25) is 0 Å². The zero-order valence-electron chi connectivity index (χ0n) is 17.8. The highest BCUT2D eigenvalue weighted by Gasteiger charge is 2.28. The number of nitrogens with zero attached hydrogens (tertiary/aromatic N) is 3. The SMILES string of the molecule is CCN1C/C(=C\Nc2cccc(OCCN(C)C)c2)S/C1=C(/C#N)C(=O)NCC(F)F. The third-order valence-corrected chi connectivity index (χ3v) is 5.42. The Kier molecular flexibility index (Phi) is 9.62. The minimum atomic E-state index is -2.67. The number of hydrogen-bond acceptors (Lipinski definition) is 7. The van der Waals surface area contributed by atoms with Crippen LogP contribution in [0.5, 0.6) is 5.75 Å². The summed E-state index contributed by atoms with van der Waals surface area (Å²) in [6.07, 6.45) is -0.861. The van der Waals surface area contributed by atoms with Crippen molar-refractivity contribution >= 4 is 23.4 Å². The minimum absolute atomic E-state index is 0.160. The number of ether oxygens (including phenoxy) is 1. The molecule has 0 atom stereocenters. The number of nitriles is 1. The lowest BCUT2D eigenvalue weighted by atomic mass is 10.3. The molecule has 0 aliphatic carbocycles. The fourth-order valence-corrected chi connectivity index (χ4v) is 3.81. The van der Waals surface area contributed by atoms with Gasteiger partial charge in [-0.25, -0.2) is 8.78 Å². The lowest BCUT2D eigenvalue weighted by Gasteiger charge is -2.16. The second kappa shape index (κ2) is 12.2. The van der Waals surface area contributed by atoms with Gasteiger partial charge < -0.3 is 25.2 Å². The maximum absolute atomic E-state index is 12.4. The van der Waals surface area contributed by atoms with Gasteiger partial charge >= 0.3 is 0 Å². The van der Waals surface area contributed by atoms with Crippen molar-refractivity contribution in [2.45, 2.75) is 13.3 Å². The van der Waals surface area contributed by atoms with Crippen LogP contribution in [0.15, 0.2) is 46.0 Å². The van der Waals surface area contributed by atoms with Crippen LogP contribution in [0.1, 0.15) is 6.92 Å². The molecule has 31 heavy (non-hydrogen) atoms. The quantitative estimate of drug-likeness (QED) is 0.418. The van der Waals surface area contributed by atoms with Gasteiger partial charge in [-0.3, -0.25) is 4.79 Å². The lowest BCUT2D eigenvalue weighted by Crippen LogP contribution is -2.31. The Morgan fingerprint density at radius 2 is 2.23 bits per heavy atom. The van der Waals surface area contributed by atoms with Crippen LogP contribution in [0.2, 0.25) is 0 Å². The van der Waals surface area contributed by atoms with E-state index in [0.717, 1.165) is 22.9 Å². The Morgan fingerprint density at radius 1 is 1.45 bits per heavy atom. The number of hydrogen-bond donors (Lipinski definition) is 2. The third kappa shape index (κ3) is 7.77. The molecule has 0 radical (unpaired) electrons. The summed E-state index contributed by atoms with van der Waals surface area (Å²) in [5.41, 5.74) is 0.679. The van der Waals surface area contributed by atoms with Crippen LogP contribution in [-0.4, -0.2) is 69.0 Å². The van der Waals surface area contributed by atoms with E-state index in [2.05, 4.69) is 10.6 Å². The number of anilines is 1. The van der Waals surface area contributed by atoms with Crippen LogP contribution in [0, 0.1) is 11.3 Å². The van der Waals surface area contributed by atoms with Crippen molar-refractivity contribution in [2.24, 2.45) is 0 Å². The van der Waals surface area contributed by atoms with Crippen molar-refractivity contribution in [3.63, 3.8) is 0 Å². The molecule has 1 fully saturated rings. The average molecular weight is 452 g/mol. The van der Waals surface area contributed by atoms with Crippen molar-refractivity contribution < 1.29 is 18.3 Å². The minimum Gasteiger partial charge on any atom is -0.492 e. The maximum Gasteiger partial charge on any atom is 0.264 e. The molecule has 0 unspecified atom stereocenters. The second-order valence-corrected chi connectivity index (χ2v) is 8.06. The number of thioether (sulfide) groups is 1. The summed E-state index contributed by atoms with van der Waals surface area (Å²) >= 11 is 1.28. The van der Waals surface area contributed by atoms with Crippen LogP contribution in [0.25, 0.3) is 0 Å². The van der Waals surface area contributed by atoms with Crippen LogP contribution in [0.4, 0.5) is 14.5 Å². The summed E-state index contributed by atoms with van der Waals surface area (Å²) in [5, 5.41) is 15.2. The van der Waals surface area contributed by atoms with Crippen LogP contribution >= 0.6 is 11.8 Å². The first kappa shape index (κ1) is 24.5. The fourth-order valence-electron chi connectivity index (χ4n) is 2.66. The van der Waals surface area contributed by atoms with Crippen LogP contribution < -0.4 is 15.4 Å². The summed E-state index contributed by atoms with van der Waals surface area (Å²) in [6.45, 7) is 3.59. The van der Waals surface area contributed by atoms with E-state index in [1.165, 1.54) is 11.8 Å². The Morgan fingerprint density at radius 3 is 2.87 bits per heavy atom. The molecular formula is C21H27F2N5O2S. The van der Waals surface area contributed by atoms with Crippen molar-refractivity contribution in [1.29, 1.82) is 5.26 Å². The second-order valence-electron chi connectivity index (χ2n) is 6.94. The first-order valence-electron chi connectivity index (χ1n) is 9.80. The molecule has 0 saturated carbocycles. The predicted molar refractivity (Wildman–Crippen MR) is 119 cm³/mol. The van der Waals surface area contributed by atoms with E-state index in [-0.39, 0.29) is 5.57 Å². The molecule has 0 aromatic heterocycles. The Hall–Kier alpha value is -2.77. The van der Waals surface area contributed by atoms with Crippen LogP contribution in [0.3, 0.4) is 0 Å². The van der Waals surface area contributed by atoms with Crippen molar-refractivity contribution in [1.82, 2.24) is 15.1 Å². The van der Waals surface area contributed by atoms with E-state index in [1.807, 2.05) is 67.4 Å². The maximum atomic E-state index is 12.4. The van der Waals surface area contributed by atoms with Gasteiger partial charge in [-0.1, -0.05) is 17.8 Å². The topological polar surface area (TPSA) is 80.6 Å². The number of halogens is 2. The molecular weight excluding hydrogens is 424 g/mol. The van der Waals surface area contributed by atoms with Crippen molar-refractivity contribution in [2.75, 3.05) is 52.2 Å². The Bertz CT molecular complexity index is 868. The smallest absolute Gasteiger partial charge is 0.264 e. The molecule has 1 heterocycles. The first-order valence-corrected chi connectivity index (χ1v) is 10.6. The highest BCUT2D eigenvalue weighted by Crippen LogP contribution is 2.38. The van der Waals surface area contributed by atoms with Gasteiger partial charge in [-0.2, -0.15) is 5.26 Å². The van der Waals surface area contributed by atoms with Gasteiger partial charge in [-0.15, -0.1) is 0 Å². The first-order chi connectivity index (χ1) is 14.8. The van der Waals surface area contributed by atoms with Gasteiger partial charge in [0.25, 0.3) is 12.3 Å². The summed E-state index contributed by atoms with van der Waals surface area (Å²) < 4.78 is 30.5. The monoisotopic (exact) mass is 451 g/mol. The van der Waals surface area contributed by atoms with E-state index >= 15 is 0 Å². The van der Waals surface area contributed by atoms with E-state index in [0.29, 0.717) is 24.7 Å². The molecule has 168 valence electrons. The zero-order chi connectivity index (χ0) is 22.8. The predicted octanol–water partition coefficient (Wildman–Crippen LogP) is 3.07. The molecule has 0 spiro atoms. The molecule has 10 heteroatoms. The third-order valence-electron chi connectivity index (χ3n) is 4.25. The number of carbonyl (C=O) groups excluding carboxylic acids is 1. The largest absolute Gasteiger partial charge is 0.492 e. The van der Waals surface area contributed by atoms with Gasteiger partial charge in [0, 0.05) is 35.9 Å². The molecule has 2 N–H and O–H groups in total. The van der Waals surface area contributed by atoms with Gasteiger partial charge in [0.15, 0.2) is 0 Å². The van der Waals surface area contributed by atoms with E-state index < -0.39 is 18.9 Å². The zero-order valence-corrected chi connectivity index (χ0v) is 18.6. The molecule has 1 aliphatic heterocycles. The highest BCUT2D eigenvalue weighted by atomic mass is 32.2. The van der Waals surface area contributed by atoms with E-state index in [4.69, 9.17) is 4.74 Å². The normalized spacial score (nSPS) is 16.6. The molecule has 0 bridgehead atoms. The number of carbonyl (C=O) groups is 1. The molecule has 7 nitrogen and oxygen atoms in total. The number of rotatable bonds is 10. The standard InChI is InChI=1S/C21H27F2N5O2S/c1-4-28-14-17(31-21(28)18(11-24)20(29)26-13-19(22)23)12-25-15-6-5-7-16(10-15)30-9-8-27(2)3/h5-7,10,12,19,25H,4,8-9,13-14H2,1-3H3,(H,26,29)/b17-12+,21-18-. The van der Waals surface area contributed by atoms with E-state index in [9.17, 15) is 18.8 Å². The van der Waals surface area contributed by atoms with Crippen LogP contribution in [-0.2, 0) is 4.79 Å². The molecule has 1 aliphatic rings. The molecule has 2 rings (SSSR count). The highest BCUT2D eigenvalue weighted by molar-refractivity contribution is 8.07. The lowest BCUT2D eigenvalue weighted by molar-refractivity contribution is -0.117. The number of amides is 1. The number of likely N-dealkylation sites (N-methyl/N-ethyl adjacent to an activating group) is 2. The number of alkyl halides is 2. The Labute approximate surface area is 185 Å². The Balaban J connectivity index is 2.08. The molecule has 1 aromatic carbocycles. The summed E-state index contributed by atoms with van der Waals surface area (Å²) in [4.78, 5) is 17.0. The van der Waals surface area contributed by atoms with Gasteiger partial charge in [0.05, 0.1) is 18.1 Å². The van der Waals surface area contributed by atoms with Gasteiger partial charge in [0.1, 0.15) is 24.0 Å². The fraction of sp³-hybridized carbons (Fsp3) is 0.429. The van der Waals surface area contributed by atoms with Crippen molar-refractivity contribution in [3.8, 4) is 11.8 Å². The summed E-state index contributed by atoms with van der Waals surface area (Å²) in [5.74, 6) is -0.0388. The van der Waals surface area contributed by atoms with Crippen molar-refractivity contribution in [3.05, 3.63) is 46.0 Å². The summed E-state index contributed by atoms with van der Waals surface area (Å²) in [6, 6.07) is 9.42. The molecule has 1 amide bonds. The number of benzene rings is 1. The molecule has 1 aromatic rings.